The maximum atomic E-state index is 12.8. The molecule has 1 saturated heterocycles. The quantitative estimate of drug-likeness (QED) is 0.553. The van der Waals surface area contributed by atoms with E-state index in [-0.39, 0.29) is 23.3 Å². The topological polar surface area (TPSA) is 118 Å². The van der Waals surface area contributed by atoms with Gasteiger partial charge in [0.15, 0.2) is 11.7 Å². The number of hydrogen-bond acceptors (Lipinski definition) is 7. The van der Waals surface area contributed by atoms with Crippen molar-refractivity contribution in [3.63, 3.8) is 0 Å². The van der Waals surface area contributed by atoms with Crippen molar-refractivity contribution in [2.75, 3.05) is 30.3 Å². The van der Waals surface area contributed by atoms with Gasteiger partial charge in [-0.1, -0.05) is 11.3 Å². The third kappa shape index (κ3) is 4.56. The highest BCUT2D eigenvalue weighted by Crippen LogP contribution is 2.30. The minimum Gasteiger partial charge on any atom is -0.484 e. The number of aryl methyl sites for hydroxylation is 1. The van der Waals surface area contributed by atoms with Crippen LogP contribution in [-0.2, 0) is 26.0 Å². The van der Waals surface area contributed by atoms with E-state index in [2.05, 4.69) is 15.6 Å². The predicted octanol–water partition coefficient (Wildman–Crippen LogP) is 2.98. The molecule has 0 aliphatic carbocycles. The molecule has 5 rings (SSSR count). The number of benzene rings is 2. The van der Waals surface area contributed by atoms with Gasteiger partial charge in [0.25, 0.3) is 5.91 Å². The summed E-state index contributed by atoms with van der Waals surface area (Å²) in [5.74, 6) is 0.165. The Morgan fingerprint density at radius 2 is 1.97 bits per heavy atom. The molecule has 0 radical (unpaired) electrons. The summed E-state index contributed by atoms with van der Waals surface area (Å²) in [6.07, 6.45) is 2.81. The molecule has 2 N–H and O–H groups in total. The number of ether oxygens (including phenoxy) is 1. The van der Waals surface area contributed by atoms with Gasteiger partial charge in [0, 0.05) is 25.2 Å². The fourth-order valence-electron chi connectivity index (χ4n) is 3.95. The maximum absolute atomic E-state index is 12.8. The highest BCUT2D eigenvalue weighted by Gasteiger charge is 2.27. The standard InChI is InChI=1S/C22H22N4O5S2/c27-20-8-3-14-11-15(4-6-17(14)23-20)31-13-21(28)25-22-24-18-7-5-16(12-19(18)32-22)33(29,30)26-9-1-2-10-26/h4-7,11-12H,1-3,8-10,13H2,(H,23,27)(H,24,25,28). The van der Waals surface area contributed by atoms with Crippen LogP contribution < -0.4 is 15.4 Å². The van der Waals surface area contributed by atoms with Crippen molar-refractivity contribution in [3.8, 4) is 5.75 Å². The molecule has 0 bridgehead atoms. The van der Waals surface area contributed by atoms with Gasteiger partial charge in [0.05, 0.1) is 15.1 Å². The van der Waals surface area contributed by atoms with Crippen molar-refractivity contribution in [1.29, 1.82) is 0 Å². The zero-order valence-corrected chi connectivity index (χ0v) is 19.3. The number of fused-ring (bicyclic) bond motifs is 2. The SMILES string of the molecule is O=C(COc1ccc2c(c1)CCC(=O)N2)Nc1nc2ccc(S(=O)(=O)N3CCCC3)cc2s1. The smallest absolute Gasteiger partial charge is 0.264 e. The van der Waals surface area contributed by atoms with Crippen LogP contribution in [0.25, 0.3) is 10.2 Å². The van der Waals surface area contributed by atoms with Crippen LogP contribution >= 0.6 is 11.3 Å². The molecule has 0 unspecified atom stereocenters. The number of nitrogens with zero attached hydrogens (tertiary/aromatic N) is 2. The molecule has 2 amide bonds. The van der Waals surface area contributed by atoms with Crippen molar-refractivity contribution in [1.82, 2.24) is 9.29 Å². The molecular formula is C22H22N4O5S2. The zero-order chi connectivity index (χ0) is 23.0. The molecule has 0 spiro atoms. The van der Waals surface area contributed by atoms with E-state index in [1.807, 2.05) is 6.07 Å². The van der Waals surface area contributed by atoms with Crippen molar-refractivity contribution in [2.45, 2.75) is 30.6 Å². The van der Waals surface area contributed by atoms with Gasteiger partial charge in [0.1, 0.15) is 5.75 Å². The third-order valence-corrected chi connectivity index (χ3v) is 8.48. The van der Waals surface area contributed by atoms with Crippen LogP contribution in [0.15, 0.2) is 41.3 Å². The first-order valence-electron chi connectivity index (χ1n) is 10.6. The van der Waals surface area contributed by atoms with E-state index < -0.39 is 10.0 Å². The third-order valence-electron chi connectivity index (χ3n) is 5.65. The van der Waals surface area contributed by atoms with E-state index in [1.165, 1.54) is 15.6 Å². The summed E-state index contributed by atoms with van der Waals surface area (Å²) >= 11 is 1.22. The first-order chi connectivity index (χ1) is 15.9. The second-order valence-corrected chi connectivity index (χ2v) is 10.9. The molecule has 11 heteroatoms. The molecule has 2 aliphatic heterocycles. The Labute approximate surface area is 194 Å². The average Bonchev–Trinajstić information content (AvgIpc) is 3.47. The molecule has 3 aromatic rings. The Hall–Kier alpha value is -3.02. The average molecular weight is 487 g/mol. The first kappa shape index (κ1) is 21.8. The van der Waals surface area contributed by atoms with E-state index in [9.17, 15) is 18.0 Å². The lowest BCUT2D eigenvalue weighted by atomic mass is 10.0. The van der Waals surface area contributed by atoms with Crippen LogP contribution in [0, 0.1) is 0 Å². The number of carbonyl (C=O) groups is 2. The van der Waals surface area contributed by atoms with E-state index in [4.69, 9.17) is 4.74 Å². The van der Waals surface area contributed by atoms with E-state index in [0.29, 0.717) is 47.0 Å². The van der Waals surface area contributed by atoms with Crippen molar-refractivity contribution < 1.29 is 22.7 Å². The predicted molar refractivity (Wildman–Crippen MR) is 125 cm³/mol. The molecule has 1 aromatic heterocycles. The van der Waals surface area contributed by atoms with Gasteiger partial charge in [-0.25, -0.2) is 13.4 Å². The van der Waals surface area contributed by atoms with Crippen LogP contribution in [0.4, 0.5) is 10.8 Å². The van der Waals surface area contributed by atoms with Gasteiger partial charge >= 0.3 is 0 Å². The Kier molecular flexibility index (Phi) is 5.77. The molecule has 0 saturated carbocycles. The number of hydrogen-bond donors (Lipinski definition) is 2. The Morgan fingerprint density at radius 1 is 1.15 bits per heavy atom. The Bertz CT molecular complexity index is 1350. The number of rotatable bonds is 6. The van der Waals surface area contributed by atoms with E-state index >= 15 is 0 Å². The molecule has 9 nitrogen and oxygen atoms in total. The fraction of sp³-hybridized carbons (Fsp3) is 0.318. The van der Waals surface area contributed by atoms with Crippen molar-refractivity contribution >= 4 is 54.2 Å². The summed E-state index contributed by atoms with van der Waals surface area (Å²) in [5, 5.41) is 5.89. The summed E-state index contributed by atoms with van der Waals surface area (Å²) in [5.41, 5.74) is 2.36. The lowest BCUT2D eigenvalue weighted by Gasteiger charge is -2.17. The molecule has 33 heavy (non-hydrogen) atoms. The largest absolute Gasteiger partial charge is 0.484 e. The van der Waals surface area contributed by atoms with Gasteiger partial charge in [-0.3, -0.25) is 14.9 Å². The Balaban J connectivity index is 1.24. The highest BCUT2D eigenvalue weighted by molar-refractivity contribution is 7.89. The maximum Gasteiger partial charge on any atom is 0.264 e. The van der Waals surface area contributed by atoms with Crippen molar-refractivity contribution in [2.24, 2.45) is 0 Å². The highest BCUT2D eigenvalue weighted by atomic mass is 32.2. The molecule has 172 valence electrons. The summed E-state index contributed by atoms with van der Waals surface area (Å²) in [6, 6.07) is 10.1. The van der Waals surface area contributed by atoms with E-state index in [0.717, 1.165) is 24.1 Å². The minimum atomic E-state index is -3.51. The van der Waals surface area contributed by atoms with Gasteiger partial charge < -0.3 is 10.1 Å². The second kappa shape index (κ2) is 8.73. The van der Waals surface area contributed by atoms with Crippen LogP contribution in [0.1, 0.15) is 24.8 Å². The molecule has 2 aromatic carbocycles. The number of thiazole rings is 1. The molecule has 3 heterocycles. The van der Waals surface area contributed by atoms with E-state index in [1.54, 1.807) is 30.3 Å². The summed E-state index contributed by atoms with van der Waals surface area (Å²) < 4.78 is 33.4. The van der Waals surface area contributed by atoms with Gasteiger partial charge in [0.2, 0.25) is 15.9 Å². The Morgan fingerprint density at radius 3 is 2.79 bits per heavy atom. The van der Waals surface area contributed by atoms with Gasteiger partial charge in [-0.15, -0.1) is 0 Å². The minimum absolute atomic E-state index is 0.00727. The monoisotopic (exact) mass is 486 g/mol. The second-order valence-electron chi connectivity index (χ2n) is 7.96. The number of anilines is 2. The molecule has 1 fully saturated rings. The first-order valence-corrected chi connectivity index (χ1v) is 12.9. The summed E-state index contributed by atoms with van der Waals surface area (Å²) in [6.45, 7) is 0.891. The number of carbonyl (C=O) groups excluding carboxylic acids is 2. The molecule has 0 atom stereocenters. The van der Waals surface area contributed by atoms with Crippen LogP contribution in [0.3, 0.4) is 0 Å². The lowest BCUT2D eigenvalue weighted by molar-refractivity contribution is -0.118. The fourth-order valence-corrected chi connectivity index (χ4v) is 6.49. The molecular weight excluding hydrogens is 464 g/mol. The summed E-state index contributed by atoms with van der Waals surface area (Å²) in [4.78, 5) is 28.4. The molecule has 2 aliphatic rings. The lowest BCUT2D eigenvalue weighted by Crippen LogP contribution is -2.27. The van der Waals surface area contributed by atoms with Crippen LogP contribution in [-0.4, -0.2) is 49.2 Å². The summed E-state index contributed by atoms with van der Waals surface area (Å²) in [7, 11) is -3.51. The number of nitrogens with one attached hydrogen (secondary N) is 2. The number of amides is 2. The van der Waals surface area contributed by atoms with Crippen LogP contribution in [0.5, 0.6) is 5.75 Å². The normalized spacial score (nSPS) is 16.4. The number of aromatic nitrogens is 1. The number of sulfonamides is 1. The zero-order valence-electron chi connectivity index (χ0n) is 17.7. The van der Waals surface area contributed by atoms with Crippen molar-refractivity contribution in [3.05, 3.63) is 42.0 Å². The van der Waals surface area contributed by atoms with Gasteiger partial charge in [-0.05, 0) is 61.2 Å². The van der Waals surface area contributed by atoms with Gasteiger partial charge in [-0.2, -0.15) is 4.31 Å². The van der Waals surface area contributed by atoms with Crippen LogP contribution in [0.2, 0.25) is 0 Å².